The summed E-state index contributed by atoms with van der Waals surface area (Å²) < 4.78 is 14.4. The first-order chi connectivity index (χ1) is 11.1. The molecule has 1 aromatic rings. The summed E-state index contributed by atoms with van der Waals surface area (Å²) in [6.07, 6.45) is 9.27. The molecule has 0 radical (unpaired) electrons. The van der Waals surface area contributed by atoms with Gasteiger partial charge in [-0.2, -0.15) is 0 Å². The normalized spacial score (nSPS) is 24.0. The first kappa shape index (κ1) is 16.7. The summed E-state index contributed by atoms with van der Waals surface area (Å²) in [5, 5.41) is 3.49. The third-order valence-corrected chi connectivity index (χ3v) is 4.92. The van der Waals surface area contributed by atoms with Gasteiger partial charge in [-0.3, -0.25) is 0 Å². The van der Waals surface area contributed by atoms with E-state index in [0.717, 1.165) is 31.9 Å². The van der Waals surface area contributed by atoms with Gasteiger partial charge < -0.3 is 24.3 Å². The Kier molecular flexibility index (Phi) is 5.24. The smallest absolute Gasteiger partial charge is 0.204 e. The highest BCUT2D eigenvalue weighted by Crippen LogP contribution is 2.36. The van der Waals surface area contributed by atoms with Gasteiger partial charge in [-0.1, -0.05) is 12.8 Å². The van der Waals surface area contributed by atoms with E-state index in [4.69, 9.17) is 9.47 Å². The molecule has 0 bridgehead atoms. The predicted octanol–water partition coefficient (Wildman–Crippen LogP) is 2.04. The van der Waals surface area contributed by atoms with Crippen LogP contribution in [0.5, 0.6) is 0 Å². The van der Waals surface area contributed by atoms with Crippen LogP contribution in [0.1, 0.15) is 44.2 Å². The Bertz CT molecular complexity index is 507. The predicted molar refractivity (Wildman–Crippen MR) is 90.5 cm³/mol. The fraction of sp³-hybridized carbons (Fsp3) is 0.824. The highest BCUT2D eigenvalue weighted by molar-refractivity contribution is 5.30. The van der Waals surface area contributed by atoms with Crippen molar-refractivity contribution in [3.05, 3.63) is 11.9 Å². The summed E-state index contributed by atoms with van der Waals surface area (Å²) in [6.45, 7) is 2.33. The molecule has 1 saturated carbocycles. The first-order valence-electron chi connectivity index (χ1n) is 8.80. The highest BCUT2D eigenvalue weighted by atomic mass is 16.7. The van der Waals surface area contributed by atoms with Crippen LogP contribution in [0.4, 0.5) is 5.95 Å². The summed E-state index contributed by atoms with van der Waals surface area (Å²) in [6, 6.07) is 0. The van der Waals surface area contributed by atoms with Crippen molar-refractivity contribution in [2.45, 2.75) is 57.0 Å². The van der Waals surface area contributed by atoms with Crippen LogP contribution < -0.4 is 10.2 Å². The number of rotatable bonds is 5. The van der Waals surface area contributed by atoms with Crippen molar-refractivity contribution in [1.82, 2.24) is 14.9 Å². The Hall–Kier alpha value is -1.11. The third kappa shape index (κ3) is 3.87. The van der Waals surface area contributed by atoms with Gasteiger partial charge in [-0.25, -0.2) is 4.98 Å². The minimum Gasteiger partial charge on any atom is -0.348 e. The summed E-state index contributed by atoms with van der Waals surface area (Å²) >= 11 is 0. The molecule has 6 heteroatoms. The van der Waals surface area contributed by atoms with E-state index in [9.17, 15) is 0 Å². The molecule has 23 heavy (non-hydrogen) atoms. The summed E-state index contributed by atoms with van der Waals surface area (Å²) in [4.78, 5) is 6.46. The van der Waals surface area contributed by atoms with Gasteiger partial charge in [0.25, 0.3) is 0 Å². The Balaban J connectivity index is 1.46. The van der Waals surface area contributed by atoms with Gasteiger partial charge in [0, 0.05) is 47.1 Å². The molecule has 2 aliphatic rings. The van der Waals surface area contributed by atoms with E-state index in [2.05, 4.69) is 21.9 Å². The second-order valence-electron chi connectivity index (χ2n) is 7.01. The Morgan fingerprint density at radius 1 is 1.30 bits per heavy atom. The number of hydrogen-bond acceptors (Lipinski definition) is 5. The van der Waals surface area contributed by atoms with Crippen LogP contribution in [0.15, 0.2) is 6.20 Å². The van der Waals surface area contributed by atoms with Crippen molar-refractivity contribution < 1.29 is 9.47 Å². The van der Waals surface area contributed by atoms with E-state index in [1.807, 2.05) is 25.2 Å². The highest BCUT2D eigenvalue weighted by Gasteiger charge is 2.41. The number of imidazole rings is 1. The molecule has 2 heterocycles. The monoisotopic (exact) mass is 322 g/mol. The number of nitrogens with zero attached hydrogens (tertiary/aromatic N) is 3. The number of nitrogens with one attached hydrogen (secondary N) is 1. The summed E-state index contributed by atoms with van der Waals surface area (Å²) in [7, 11) is 6.07. The Morgan fingerprint density at radius 3 is 2.70 bits per heavy atom. The van der Waals surface area contributed by atoms with Gasteiger partial charge >= 0.3 is 0 Å². The lowest BCUT2D eigenvalue weighted by molar-refractivity contribution is -0.175. The molecule has 1 saturated heterocycles. The standard InChI is InChI=1S/C17H30N4O2/c1-20(2)16-19-11-14(21(16)3)10-18-12-15-13-22-17(23-15)8-6-4-5-7-9-17/h11,15,18H,4-10,12-13H2,1-3H3. The molecule has 6 nitrogen and oxygen atoms in total. The lowest BCUT2D eigenvalue weighted by Crippen LogP contribution is -2.33. The molecule has 0 aromatic carbocycles. The molecule has 1 spiro atoms. The fourth-order valence-electron chi connectivity index (χ4n) is 3.62. The maximum Gasteiger partial charge on any atom is 0.204 e. The van der Waals surface area contributed by atoms with E-state index in [-0.39, 0.29) is 11.9 Å². The third-order valence-electron chi connectivity index (χ3n) is 4.92. The molecule has 0 amide bonds. The number of aromatic nitrogens is 2. The Morgan fingerprint density at radius 2 is 2.04 bits per heavy atom. The molecule has 1 aliphatic carbocycles. The zero-order valence-corrected chi connectivity index (χ0v) is 14.7. The topological polar surface area (TPSA) is 51.6 Å². The second-order valence-corrected chi connectivity index (χ2v) is 7.01. The van der Waals surface area contributed by atoms with E-state index < -0.39 is 0 Å². The molecule has 1 N–H and O–H groups in total. The van der Waals surface area contributed by atoms with Gasteiger partial charge in [0.2, 0.25) is 5.95 Å². The van der Waals surface area contributed by atoms with Crippen LogP contribution in [-0.4, -0.2) is 48.7 Å². The minimum absolute atomic E-state index is 0.162. The molecule has 1 unspecified atom stereocenters. The maximum atomic E-state index is 6.27. The molecule has 1 atom stereocenters. The van der Waals surface area contributed by atoms with Crippen molar-refractivity contribution in [1.29, 1.82) is 0 Å². The van der Waals surface area contributed by atoms with Crippen molar-refractivity contribution in [2.75, 3.05) is 32.1 Å². The molecule has 2 fully saturated rings. The number of anilines is 1. The van der Waals surface area contributed by atoms with E-state index in [1.54, 1.807) is 0 Å². The SMILES string of the molecule is CN(C)c1ncc(CNCC2COC3(CCCCCC3)O2)n1C. The van der Waals surface area contributed by atoms with E-state index >= 15 is 0 Å². The first-order valence-corrected chi connectivity index (χ1v) is 8.80. The summed E-state index contributed by atoms with van der Waals surface area (Å²) in [5.74, 6) is 0.688. The number of hydrogen-bond donors (Lipinski definition) is 1. The van der Waals surface area contributed by atoms with Crippen LogP contribution in [0, 0.1) is 0 Å². The molecule has 1 aliphatic heterocycles. The van der Waals surface area contributed by atoms with Crippen LogP contribution in [0.25, 0.3) is 0 Å². The molecular weight excluding hydrogens is 292 g/mol. The van der Waals surface area contributed by atoms with E-state index in [0.29, 0.717) is 6.61 Å². The lowest BCUT2D eigenvalue weighted by atomic mass is 10.1. The van der Waals surface area contributed by atoms with Crippen molar-refractivity contribution >= 4 is 5.95 Å². The van der Waals surface area contributed by atoms with Gasteiger partial charge in [-0.15, -0.1) is 0 Å². The van der Waals surface area contributed by atoms with Gasteiger partial charge in [-0.05, 0) is 12.8 Å². The molecule has 130 valence electrons. The van der Waals surface area contributed by atoms with E-state index in [1.165, 1.54) is 31.4 Å². The quantitative estimate of drug-likeness (QED) is 0.899. The van der Waals surface area contributed by atoms with Crippen molar-refractivity contribution in [2.24, 2.45) is 7.05 Å². The van der Waals surface area contributed by atoms with Gasteiger partial charge in [0.1, 0.15) is 0 Å². The van der Waals surface area contributed by atoms with Crippen LogP contribution in [0.2, 0.25) is 0 Å². The fourth-order valence-corrected chi connectivity index (χ4v) is 3.62. The van der Waals surface area contributed by atoms with Gasteiger partial charge in [0.15, 0.2) is 5.79 Å². The van der Waals surface area contributed by atoms with Crippen LogP contribution >= 0.6 is 0 Å². The molecule has 3 rings (SSSR count). The zero-order chi connectivity index (χ0) is 16.3. The average molecular weight is 322 g/mol. The van der Waals surface area contributed by atoms with Crippen LogP contribution in [-0.2, 0) is 23.1 Å². The Labute approximate surface area is 139 Å². The zero-order valence-electron chi connectivity index (χ0n) is 14.7. The number of ether oxygens (including phenoxy) is 2. The molecular formula is C17H30N4O2. The lowest BCUT2D eigenvalue weighted by Gasteiger charge is -2.26. The van der Waals surface area contributed by atoms with Crippen LogP contribution in [0.3, 0.4) is 0 Å². The largest absolute Gasteiger partial charge is 0.348 e. The van der Waals surface area contributed by atoms with Gasteiger partial charge in [0.05, 0.1) is 24.6 Å². The average Bonchev–Trinajstić information content (AvgIpc) is 2.99. The summed E-state index contributed by atoms with van der Waals surface area (Å²) in [5.41, 5.74) is 1.18. The maximum absolute atomic E-state index is 6.27. The molecule has 1 aromatic heterocycles. The van der Waals surface area contributed by atoms with Crippen molar-refractivity contribution in [3.8, 4) is 0 Å². The second kappa shape index (κ2) is 7.20. The minimum atomic E-state index is -0.284. The van der Waals surface area contributed by atoms with Crippen molar-refractivity contribution in [3.63, 3.8) is 0 Å².